The first kappa shape index (κ1) is 18.2. The predicted molar refractivity (Wildman–Crippen MR) is 98.6 cm³/mol. The van der Waals surface area contributed by atoms with Crippen molar-refractivity contribution in [2.75, 3.05) is 13.2 Å². The molecule has 1 aliphatic heterocycles. The van der Waals surface area contributed by atoms with Crippen LogP contribution in [0, 0.1) is 0 Å². The van der Waals surface area contributed by atoms with Crippen LogP contribution in [0.15, 0.2) is 60.2 Å². The van der Waals surface area contributed by atoms with Gasteiger partial charge in [-0.15, -0.1) is 0 Å². The molecule has 0 aliphatic carbocycles. The summed E-state index contributed by atoms with van der Waals surface area (Å²) in [4.78, 5) is 26.6. The average molecular weight is 372 g/mol. The fraction of sp³-hybridized carbons (Fsp3) is 0.200. The lowest BCUT2D eigenvalue weighted by molar-refractivity contribution is -0.140. The second-order valence-electron chi connectivity index (χ2n) is 5.99. The Hall–Kier alpha value is -2.63. The smallest absolute Gasteiger partial charge is 0.295 e. The molecule has 0 saturated carbocycles. The minimum atomic E-state index is -0.732. The average Bonchev–Trinajstić information content (AvgIpc) is 2.91. The van der Waals surface area contributed by atoms with Gasteiger partial charge in [0, 0.05) is 23.7 Å². The minimum Gasteiger partial charge on any atom is -0.507 e. The molecule has 1 heterocycles. The van der Waals surface area contributed by atoms with Crippen molar-refractivity contribution in [3.8, 4) is 0 Å². The molecule has 134 valence electrons. The molecule has 1 unspecified atom stereocenters. The van der Waals surface area contributed by atoms with Gasteiger partial charge < -0.3 is 15.1 Å². The van der Waals surface area contributed by atoms with Crippen molar-refractivity contribution < 1.29 is 19.8 Å². The number of likely N-dealkylation sites (tertiary alicyclic amines) is 1. The van der Waals surface area contributed by atoms with E-state index in [0.29, 0.717) is 22.6 Å². The van der Waals surface area contributed by atoms with Crippen LogP contribution >= 0.6 is 11.6 Å². The minimum absolute atomic E-state index is 0.0430. The summed E-state index contributed by atoms with van der Waals surface area (Å²) >= 11 is 5.95. The molecule has 6 heteroatoms. The molecular formula is C20H18ClNO4. The third-order valence-corrected chi connectivity index (χ3v) is 4.58. The number of nitrogens with zero attached hydrogens (tertiary/aromatic N) is 1. The van der Waals surface area contributed by atoms with Gasteiger partial charge in [0.05, 0.1) is 11.6 Å². The maximum atomic E-state index is 12.6. The zero-order valence-corrected chi connectivity index (χ0v) is 14.7. The molecule has 1 saturated heterocycles. The molecule has 0 spiro atoms. The molecular weight excluding hydrogens is 354 g/mol. The Balaban J connectivity index is 2.15. The Bertz CT molecular complexity index is 846. The van der Waals surface area contributed by atoms with Gasteiger partial charge in [-0.1, -0.05) is 54.1 Å². The summed E-state index contributed by atoms with van der Waals surface area (Å²) in [6.07, 6.45) is 0.336. The number of rotatable bonds is 5. The number of hydrogen-bond acceptors (Lipinski definition) is 4. The van der Waals surface area contributed by atoms with Gasteiger partial charge in [-0.25, -0.2) is 0 Å². The highest BCUT2D eigenvalue weighted by molar-refractivity contribution is 6.46. The number of halogens is 1. The molecule has 2 aromatic rings. The largest absolute Gasteiger partial charge is 0.507 e. The van der Waals surface area contributed by atoms with Crippen LogP contribution in [0.25, 0.3) is 5.76 Å². The number of carbonyl (C=O) groups is 2. The van der Waals surface area contributed by atoms with E-state index in [-0.39, 0.29) is 24.5 Å². The molecule has 1 fully saturated rings. The number of amides is 1. The predicted octanol–water partition coefficient (Wildman–Crippen LogP) is 3.14. The van der Waals surface area contributed by atoms with E-state index in [9.17, 15) is 14.7 Å². The Labute approximate surface area is 156 Å². The van der Waals surface area contributed by atoms with Crippen LogP contribution in [0.4, 0.5) is 0 Å². The van der Waals surface area contributed by atoms with E-state index >= 15 is 0 Å². The summed E-state index contributed by atoms with van der Waals surface area (Å²) < 4.78 is 0. The number of benzene rings is 2. The Kier molecular flexibility index (Phi) is 5.40. The second kappa shape index (κ2) is 7.72. The van der Waals surface area contributed by atoms with Crippen molar-refractivity contribution in [3.63, 3.8) is 0 Å². The number of aliphatic hydroxyl groups is 2. The number of Topliss-reactive ketones (excluding diaryl/α,β-unsaturated/α-hetero) is 1. The van der Waals surface area contributed by atoms with E-state index in [1.54, 1.807) is 54.6 Å². The van der Waals surface area contributed by atoms with Crippen molar-refractivity contribution in [3.05, 3.63) is 76.3 Å². The quantitative estimate of drug-likeness (QED) is 0.481. The fourth-order valence-electron chi connectivity index (χ4n) is 3.09. The van der Waals surface area contributed by atoms with Crippen molar-refractivity contribution in [2.24, 2.45) is 0 Å². The zero-order valence-electron chi connectivity index (χ0n) is 13.9. The number of hydrogen-bond donors (Lipinski definition) is 2. The van der Waals surface area contributed by atoms with Crippen molar-refractivity contribution in [1.82, 2.24) is 4.90 Å². The van der Waals surface area contributed by atoms with Gasteiger partial charge in [0.25, 0.3) is 11.7 Å². The monoisotopic (exact) mass is 371 g/mol. The summed E-state index contributed by atoms with van der Waals surface area (Å²) in [5, 5.41) is 20.4. The lowest BCUT2D eigenvalue weighted by Crippen LogP contribution is -2.31. The van der Waals surface area contributed by atoms with Crippen LogP contribution < -0.4 is 0 Å². The maximum absolute atomic E-state index is 12.6. The Morgan fingerprint density at radius 3 is 2.31 bits per heavy atom. The van der Waals surface area contributed by atoms with Gasteiger partial charge in [-0.3, -0.25) is 9.59 Å². The molecule has 0 bridgehead atoms. The number of carbonyl (C=O) groups excluding carboxylic acids is 2. The van der Waals surface area contributed by atoms with Gasteiger partial charge in [0.15, 0.2) is 0 Å². The molecule has 26 heavy (non-hydrogen) atoms. The molecule has 0 radical (unpaired) electrons. The number of aliphatic hydroxyl groups excluding tert-OH is 2. The highest BCUT2D eigenvalue weighted by Crippen LogP contribution is 2.39. The van der Waals surface area contributed by atoms with E-state index in [4.69, 9.17) is 16.7 Å². The van der Waals surface area contributed by atoms with E-state index in [1.165, 1.54) is 4.90 Å². The first-order chi connectivity index (χ1) is 12.5. The van der Waals surface area contributed by atoms with Crippen LogP contribution in [0.1, 0.15) is 23.6 Å². The van der Waals surface area contributed by atoms with E-state index in [0.717, 1.165) is 0 Å². The molecule has 5 nitrogen and oxygen atoms in total. The molecule has 3 rings (SSSR count). The maximum Gasteiger partial charge on any atom is 0.295 e. The summed E-state index contributed by atoms with van der Waals surface area (Å²) in [6.45, 7) is 0.106. The molecule has 0 aromatic heterocycles. The van der Waals surface area contributed by atoms with Crippen molar-refractivity contribution >= 4 is 29.1 Å². The third-order valence-electron chi connectivity index (χ3n) is 4.33. The van der Waals surface area contributed by atoms with Gasteiger partial charge in [-0.05, 0) is 24.1 Å². The summed E-state index contributed by atoms with van der Waals surface area (Å²) in [6, 6.07) is 14.7. The Morgan fingerprint density at radius 2 is 1.69 bits per heavy atom. The molecule has 1 atom stereocenters. The standard InChI is InChI=1S/C20H18ClNO4/c21-15-9-7-13(8-10-15)17-16(18(24)14-5-2-1-3-6-14)19(25)20(26)22(17)11-4-12-23/h1-3,5-10,17,23-24H,4,11-12H2/b18-16+. The van der Waals surface area contributed by atoms with Crippen LogP contribution in [0.3, 0.4) is 0 Å². The van der Waals surface area contributed by atoms with Gasteiger partial charge in [0.2, 0.25) is 0 Å². The van der Waals surface area contributed by atoms with Crippen molar-refractivity contribution in [1.29, 1.82) is 0 Å². The summed E-state index contributed by atoms with van der Waals surface area (Å²) in [5.74, 6) is -1.63. The first-order valence-corrected chi connectivity index (χ1v) is 8.62. The zero-order chi connectivity index (χ0) is 18.7. The second-order valence-corrected chi connectivity index (χ2v) is 6.42. The Morgan fingerprint density at radius 1 is 1.04 bits per heavy atom. The first-order valence-electron chi connectivity index (χ1n) is 8.24. The van der Waals surface area contributed by atoms with Crippen LogP contribution in [-0.4, -0.2) is 40.0 Å². The van der Waals surface area contributed by atoms with E-state index in [1.807, 2.05) is 0 Å². The van der Waals surface area contributed by atoms with Gasteiger partial charge >= 0.3 is 0 Å². The lowest BCUT2D eigenvalue weighted by atomic mass is 9.95. The highest BCUT2D eigenvalue weighted by Gasteiger charge is 2.45. The van der Waals surface area contributed by atoms with Crippen molar-refractivity contribution in [2.45, 2.75) is 12.5 Å². The fourth-order valence-corrected chi connectivity index (χ4v) is 3.22. The topological polar surface area (TPSA) is 77.8 Å². The molecule has 1 aliphatic rings. The van der Waals surface area contributed by atoms with Gasteiger partial charge in [-0.2, -0.15) is 0 Å². The molecule has 1 amide bonds. The van der Waals surface area contributed by atoms with E-state index < -0.39 is 17.7 Å². The lowest BCUT2D eigenvalue weighted by Gasteiger charge is -2.25. The highest BCUT2D eigenvalue weighted by atomic mass is 35.5. The van der Waals surface area contributed by atoms with Crippen LogP contribution in [-0.2, 0) is 9.59 Å². The normalized spacial score (nSPS) is 19.2. The summed E-state index contributed by atoms with van der Waals surface area (Å²) in [7, 11) is 0. The SMILES string of the molecule is O=C1C(=O)N(CCCO)C(c2ccc(Cl)cc2)/C1=C(\O)c1ccccc1. The van der Waals surface area contributed by atoms with Crippen LogP contribution in [0.5, 0.6) is 0 Å². The van der Waals surface area contributed by atoms with Gasteiger partial charge in [0.1, 0.15) is 5.76 Å². The molecule has 2 N–H and O–H groups in total. The van der Waals surface area contributed by atoms with Crippen LogP contribution in [0.2, 0.25) is 5.02 Å². The third kappa shape index (κ3) is 3.36. The molecule has 2 aromatic carbocycles. The number of ketones is 1. The van der Waals surface area contributed by atoms with E-state index in [2.05, 4.69) is 0 Å². The summed E-state index contributed by atoms with van der Waals surface area (Å²) in [5.41, 5.74) is 1.18.